The molecule has 56 heavy (non-hydrogen) atoms. The van der Waals surface area contributed by atoms with Gasteiger partial charge in [0, 0.05) is 24.9 Å². The molecule has 0 saturated carbocycles. The molecule has 0 radical (unpaired) electrons. The first-order valence-electron chi connectivity index (χ1n) is 19.1. The van der Waals surface area contributed by atoms with Crippen molar-refractivity contribution in [3.05, 3.63) is 71.6 Å². The van der Waals surface area contributed by atoms with E-state index in [1.165, 1.54) is 20.4 Å². The summed E-state index contributed by atoms with van der Waals surface area (Å²) < 4.78 is 9.38. The van der Waals surface area contributed by atoms with Gasteiger partial charge in [0.1, 0.15) is 23.4 Å². The first-order chi connectivity index (χ1) is 26.9. The standard InChI is InChI=1S/C42H50N8O6/c1-24(2)31(23-44-41(53)55-6)39(51)49-19-8-9-34(49)37-46-32-17-15-29(21-33(32)47-37)28-13-10-27(11-14-28)12-16-30-22-43-38(45-30)36-26(5)18-20-50(36)40(52)35(25(3)4)48-42(54)56-7/h10-11,13-15,17,21-26,31,34-36H,8-9,18-20H2,1-7H3,(H,43,45)(H,46,47)(H,48,54). The second-order valence-electron chi connectivity index (χ2n) is 15.2. The van der Waals surface area contributed by atoms with Gasteiger partial charge in [0.05, 0.1) is 49.5 Å². The summed E-state index contributed by atoms with van der Waals surface area (Å²) in [5, 5.41) is 2.69. The molecular formula is C42H50N8O6. The lowest BCUT2D eigenvalue weighted by Gasteiger charge is -2.31. The first-order valence-corrected chi connectivity index (χ1v) is 19.1. The number of likely N-dealkylation sites (tertiary alicyclic amines) is 2. The summed E-state index contributed by atoms with van der Waals surface area (Å²) in [6.07, 6.45) is 4.17. The van der Waals surface area contributed by atoms with Crippen LogP contribution in [0.4, 0.5) is 9.59 Å². The Morgan fingerprint density at radius 1 is 0.893 bits per heavy atom. The molecule has 2 aliphatic heterocycles. The number of amides is 4. The molecule has 2 fully saturated rings. The lowest BCUT2D eigenvalue weighted by atomic mass is 9.95. The fraction of sp³-hybridized carbons (Fsp3) is 0.452. The van der Waals surface area contributed by atoms with Crippen LogP contribution in [0, 0.1) is 35.5 Å². The molecule has 14 nitrogen and oxygen atoms in total. The normalized spacial score (nSPS) is 19.3. The minimum Gasteiger partial charge on any atom is -0.453 e. The van der Waals surface area contributed by atoms with E-state index < -0.39 is 24.1 Å². The first kappa shape index (κ1) is 39.7. The van der Waals surface area contributed by atoms with Crippen molar-refractivity contribution in [3.63, 3.8) is 0 Å². The molecule has 2 aliphatic rings. The number of hydrogen-bond donors (Lipinski definition) is 3. The van der Waals surface area contributed by atoms with Gasteiger partial charge in [0.2, 0.25) is 11.8 Å². The zero-order valence-corrected chi connectivity index (χ0v) is 33.0. The van der Waals surface area contributed by atoms with Gasteiger partial charge in [-0.1, -0.05) is 58.7 Å². The van der Waals surface area contributed by atoms with Crippen LogP contribution in [0.1, 0.15) is 88.9 Å². The lowest BCUT2D eigenvalue weighted by Crippen LogP contribution is -2.51. The second-order valence-corrected chi connectivity index (χ2v) is 15.2. The van der Waals surface area contributed by atoms with Crippen molar-refractivity contribution in [2.75, 3.05) is 27.3 Å². The van der Waals surface area contributed by atoms with Gasteiger partial charge >= 0.3 is 12.2 Å². The SMILES string of the molecule is COC(=O)N=CC(C(=O)N1CCCC1c1nc2ccc(-c3ccc(C#Cc4cnc(C5C(C)CCN5C(=O)C(NC(=O)OC)C(C)C)[nH]4)cc3)cc2[nH]1)C(C)C. The molecule has 4 aromatic rings. The number of H-pyrrole nitrogens is 2. The molecule has 0 aliphatic carbocycles. The van der Waals surface area contributed by atoms with Crippen LogP contribution in [0.25, 0.3) is 22.2 Å². The van der Waals surface area contributed by atoms with Gasteiger partial charge in [-0.3, -0.25) is 9.59 Å². The van der Waals surface area contributed by atoms with E-state index in [2.05, 4.69) is 54.8 Å². The molecule has 4 amide bonds. The second kappa shape index (κ2) is 17.2. The lowest BCUT2D eigenvalue weighted by molar-refractivity contribution is -0.136. The molecule has 0 bridgehead atoms. The molecule has 6 rings (SSSR count). The number of aliphatic imine (C=N–C) groups is 1. The maximum absolute atomic E-state index is 13.7. The number of imidazole rings is 2. The number of benzene rings is 2. The molecule has 4 heterocycles. The Balaban J connectivity index is 1.14. The van der Waals surface area contributed by atoms with Crippen LogP contribution in [0.2, 0.25) is 0 Å². The van der Waals surface area contributed by atoms with Crippen molar-refractivity contribution in [1.29, 1.82) is 0 Å². The number of fused-ring (bicyclic) bond motifs is 1. The maximum atomic E-state index is 13.7. The number of aromatic nitrogens is 4. The highest BCUT2D eigenvalue weighted by atomic mass is 16.5. The molecule has 294 valence electrons. The van der Waals surface area contributed by atoms with Gasteiger partial charge in [0.15, 0.2) is 0 Å². The van der Waals surface area contributed by atoms with Crippen LogP contribution in [0.5, 0.6) is 0 Å². The predicted octanol–water partition coefficient (Wildman–Crippen LogP) is 6.42. The molecule has 2 aromatic carbocycles. The summed E-state index contributed by atoms with van der Waals surface area (Å²) in [5.41, 5.74) is 5.18. The van der Waals surface area contributed by atoms with E-state index in [1.54, 1.807) is 11.1 Å². The third kappa shape index (κ3) is 8.62. The monoisotopic (exact) mass is 762 g/mol. The van der Waals surface area contributed by atoms with Gasteiger partial charge in [0.25, 0.3) is 0 Å². The van der Waals surface area contributed by atoms with Crippen LogP contribution in [0.15, 0.2) is 53.7 Å². The quantitative estimate of drug-likeness (QED) is 0.129. The molecule has 2 saturated heterocycles. The highest BCUT2D eigenvalue weighted by Gasteiger charge is 2.41. The summed E-state index contributed by atoms with van der Waals surface area (Å²) >= 11 is 0. The number of nitrogens with one attached hydrogen (secondary N) is 3. The third-order valence-electron chi connectivity index (χ3n) is 10.7. The molecule has 5 atom stereocenters. The summed E-state index contributed by atoms with van der Waals surface area (Å²) in [5.74, 6) is 6.99. The Labute approximate surface area is 326 Å². The minimum atomic E-state index is -0.730. The molecule has 3 N–H and O–H groups in total. The maximum Gasteiger partial charge on any atom is 0.432 e. The minimum absolute atomic E-state index is 0.0514. The topological polar surface area (TPSA) is 175 Å². The van der Waals surface area contributed by atoms with Crippen LogP contribution < -0.4 is 5.32 Å². The Hall–Kier alpha value is -5.97. The van der Waals surface area contributed by atoms with Crippen LogP contribution in [0.3, 0.4) is 0 Å². The van der Waals surface area contributed by atoms with Gasteiger partial charge < -0.3 is 34.6 Å². The Morgan fingerprint density at radius 2 is 1.64 bits per heavy atom. The number of carbonyl (C=O) groups is 4. The van der Waals surface area contributed by atoms with Gasteiger partial charge in [-0.25, -0.2) is 19.6 Å². The Morgan fingerprint density at radius 3 is 2.34 bits per heavy atom. The van der Waals surface area contributed by atoms with E-state index >= 15 is 0 Å². The summed E-state index contributed by atoms with van der Waals surface area (Å²) in [6, 6.07) is 12.9. The predicted molar refractivity (Wildman–Crippen MR) is 211 cm³/mol. The fourth-order valence-corrected chi connectivity index (χ4v) is 7.51. The number of nitrogens with zero attached hydrogens (tertiary/aromatic N) is 5. The summed E-state index contributed by atoms with van der Waals surface area (Å²) in [7, 11) is 2.54. The molecule has 5 unspecified atom stereocenters. The van der Waals surface area contributed by atoms with Crippen LogP contribution >= 0.6 is 0 Å². The number of methoxy groups -OCH3 is 2. The Kier molecular flexibility index (Phi) is 12.2. The molecular weight excluding hydrogens is 713 g/mol. The number of carbonyl (C=O) groups excluding carboxylic acids is 4. The van der Waals surface area contributed by atoms with E-state index in [0.717, 1.165) is 52.8 Å². The van der Waals surface area contributed by atoms with E-state index in [-0.39, 0.29) is 41.7 Å². The van der Waals surface area contributed by atoms with Gasteiger partial charge in [-0.05, 0) is 78.3 Å². The van der Waals surface area contributed by atoms with Crippen molar-refractivity contribution in [3.8, 4) is 23.0 Å². The van der Waals surface area contributed by atoms with Crippen molar-refractivity contribution in [2.24, 2.45) is 28.7 Å². The average molecular weight is 763 g/mol. The van der Waals surface area contributed by atoms with Crippen LogP contribution in [-0.2, 0) is 19.1 Å². The van der Waals surface area contributed by atoms with E-state index in [0.29, 0.717) is 24.6 Å². The number of rotatable bonds is 9. The van der Waals surface area contributed by atoms with Crippen molar-refractivity contribution in [1.82, 2.24) is 35.1 Å². The van der Waals surface area contributed by atoms with E-state index in [1.807, 2.05) is 69.0 Å². The fourth-order valence-electron chi connectivity index (χ4n) is 7.51. The zero-order valence-electron chi connectivity index (χ0n) is 33.0. The molecule has 2 aromatic heterocycles. The molecule has 0 spiro atoms. The largest absolute Gasteiger partial charge is 0.453 e. The van der Waals surface area contributed by atoms with Crippen LogP contribution in [-0.4, -0.2) is 93.3 Å². The van der Waals surface area contributed by atoms with E-state index in [4.69, 9.17) is 9.72 Å². The van der Waals surface area contributed by atoms with Gasteiger partial charge in [-0.15, -0.1) is 0 Å². The zero-order chi connectivity index (χ0) is 40.1. The van der Waals surface area contributed by atoms with Crippen molar-refractivity contribution in [2.45, 2.75) is 72.0 Å². The number of hydrogen-bond acceptors (Lipinski definition) is 8. The van der Waals surface area contributed by atoms with E-state index in [9.17, 15) is 19.2 Å². The average Bonchev–Trinajstić information content (AvgIpc) is 4.01. The third-order valence-corrected chi connectivity index (χ3v) is 10.7. The summed E-state index contributed by atoms with van der Waals surface area (Å²) in [6.45, 7) is 10.9. The van der Waals surface area contributed by atoms with Crippen molar-refractivity contribution >= 4 is 41.2 Å². The smallest absolute Gasteiger partial charge is 0.432 e. The highest BCUT2D eigenvalue weighted by molar-refractivity contribution is 5.97. The number of ether oxygens (including phenoxy) is 2. The Bertz CT molecular complexity index is 2160. The summed E-state index contributed by atoms with van der Waals surface area (Å²) in [4.78, 5) is 74.6. The highest BCUT2D eigenvalue weighted by Crippen LogP contribution is 2.37. The molecule has 14 heteroatoms. The van der Waals surface area contributed by atoms with Gasteiger partial charge in [-0.2, -0.15) is 4.99 Å². The number of aromatic amines is 2. The van der Waals surface area contributed by atoms with Crippen molar-refractivity contribution < 1.29 is 28.7 Å². The number of alkyl carbamates (subject to hydrolysis) is 1.